The molecule has 1 aliphatic heterocycles. The molecule has 0 atom stereocenters. The molecule has 1 aromatic heterocycles. The summed E-state index contributed by atoms with van der Waals surface area (Å²) >= 11 is 0. The summed E-state index contributed by atoms with van der Waals surface area (Å²) in [5, 5.41) is 4.30. The normalized spacial score (nSPS) is 12.0. The predicted molar refractivity (Wildman–Crippen MR) is 107 cm³/mol. The van der Waals surface area contributed by atoms with E-state index in [9.17, 15) is 9.59 Å². The zero-order valence-electron chi connectivity index (χ0n) is 16.1. The van der Waals surface area contributed by atoms with Gasteiger partial charge >= 0.3 is 0 Å². The summed E-state index contributed by atoms with van der Waals surface area (Å²) in [5.41, 5.74) is 1.87. The molecule has 7 nitrogen and oxygen atoms in total. The Morgan fingerprint density at radius 2 is 1.83 bits per heavy atom. The average Bonchev–Trinajstić information content (AvgIpc) is 3.22. The summed E-state index contributed by atoms with van der Waals surface area (Å²) in [6, 6.07) is 18.0. The second-order valence-electron chi connectivity index (χ2n) is 6.71. The third-order valence-corrected chi connectivity index (χ3v) is 4.74. The van der Waals surface area contributed by atoms with Crippen LogP contribution in [-0.2, 0) is 13.1 Å². The zero-order valence-corrected chi connectivity index (χ0v) is 16.1. The van der Waals surface area contributed by atoms with Gasteiger partial charge in [0, 0.05) is 19.2 Å². The van der Waals surface area contributed by atoms with Crippen molar-refractivity contribution in [1.29, 1.82) is 0 Å². The topological polar surface area (TPSA) is 73.7 Å². The second kappa shape index (κ2) is 8.18. The molecule has 4 rings (SSSR count). The number of rotatable bonds is 6. The number of fused-ring (bicyclic) bond motifs is 1. The number of amides is 1. The van der Waals surface area contributed by atoms with E-state index in [1.807, 2.05) is 55.5 Å². The number of nitrogens with zero attached hydrogens (tertiary/aromatic N) is 3. The molecule has 1 aliphatic rings. The number of hydrogen-bond acceptors (Lipinski definition) is 5. The van der Waals surface area contributed by atoms with Crippen LogP contribution in [-0.4, -0.2) is 33.9 Å². The Morgan fingerprint density at radius 3 is 2.62 bits per heavy atom. The van der Waals surface area contributed by atoms with Gasteiger partial charge in [0.15, 0.2) is 11.5 Å². The maximum absolute atomic E-state index is 13.0. The van der Waals surface area contributed by atoms with Crippen molar-refractivity contribution in [3.05, 3.63) is 87.8 Å². The van der Waals surface area contributed by atoms with E-state index in [-0.39, 0.29) is 24.0 Å². The number of hydrogen-bond donors (Lipinski definition) is 0. The van der Waals surface area contributed by atoms with Crippen molar-refractivity contribution < 1.29 is 14.3 Å². The van der Waals surface area contributed by atoms with Crippen molar-refractivity contribution in [2.75, 3.05) is 13.3 Å². The number of benzene rings is 2. The van der Waals surface area contributed by atoms with Gasteiger partial charge in [0.05, 0.1) is 6.54 Å². The molecule has 7 heteroatoms. The van der Waals surface area contributed by atoms with Crippen molar-refractivity contribution >= 4 is 5.91 Å². The minimum Gasteiger partial charge on any atom is -0.454 e. The Morgan fingerprint density at radius 1 is 1.03 bits per heavy atom. The maximum Gasteiger partial charge on any atom is 0.274 e. The summed E-state index contributed by atoms with van der Waals surface area (Å²) in [4.78, 5) is 26.9. The van der Waals surface area contributed by atoms with Gasteiger partial charge in [0.25, 0.3) is 11.5 Å². The molecular weight excluding hydrogens is 370 g/mol. The van der Waals surface area contributed by atoms with Crippen LogP contribution in [0.15, 0.2) is 65.5 Å². The SMILES string of the molecule is CCN(Cc1ccc2c(c1)OCO2)C(=O)c1ccc(=O)n(Cc2ccccc2)n1. The minimum atomic E-state index is -0.246. The lowest BCUT2D eigenvalue weighted by Gasteiger charge is -2.21. The van der Waals surface area contributed by atoms with Crippen LogP contribution in [0, 0.1) is 0 Å². The fraction of sp³-hybridized carbons (Fsp3) is 0.227. The third kappa shape index (κ3) is 4.13. The summed E-state index contributed by atoms with van der Waals surface area (Å²) in [7, 11) is 0. The summed E-state index contributed by atoms with van der Waals surface area (Å²) < 4.78 is 12.1. The smallest absolute Gasteiger partial charge is 0.274 e. The molecule has 148 valence electrons. The van der Waals surface area contributed by atoms with Crippen LogP contribution >= 0.6 is 0 Å². The molecule has 0 aliphatic carbocycles. The van der Waals surface area contributed by atoms with Crippen LogP contribution < -0.4 is 15.0 Å². The molecule has 0 spiro atoms. The number of aromatic nitrogens is 2. The Labute approximate surface area is 168 Å². The van der Waals surface area contributed by atoms with Crippen molar-refractivity contribution in [3.63, 3.8) is 0 Å². The Kier molecular flexibility index (Phi) is 5.29. The van der Waals surface area contributed by atoms with Gasteiger partial charge in [-0.15, -0.1) is 0 Å². The van der Waals surface area contributed by atoms with Crippen LogP contribution in [0.4, 0.5) is 0 Å². The van der Waals surface area contributed by atoms with Crippen LogP contribution in [0.5, 0.6) is 11.5 Å². The van der Waals surface area contributed by atoms with Gasteiger partial charge in [-0.25, -0.2) is 4.68 Å². The molecule has 0 unspecified atom stereocenters. The highest BCUT2D eigenvalue weighted by Gasteiger charge is 2.19. The first-order valence-corrected chi connectivity index (χ1v) is 9.44. The van der Waals surface area contributed by atoms with Crippen molar-refractivity contribution in [1.82, 2.24) is 14.7 Å². The van der Waals surface area contributed by atoms with Gasteiger partial charge in [0.2, 0.25) is 6.79 Å². The van der Waals surface area contributed by atoms with Crippen molar-refractivity contribution in [2.24, 2.45) is 0 Å². The third-order valence-electron chi connectivity index (χ3n) is 4.74. The van der Waals surface area contributed by atoms with Crippen molar-refractivity contribution in [3.8, 4) is 11.5 Å². The predicted octanol–water partition coefficient (Wildman–Crippen LogP) is 2.68. The molecule has 0 saturated heterocycles. The lowest BCUT2D eigenvalue weighted by molar-refractivity contribution is 0.0743. The number of ether oxygens (including phenoxy) is 2. The Balaban J connectivity index is 1.54. The lowest BCUT2D eigenvalue weighted by Crippen LogP contribution is -2.33. The molecule has 0 radical (unpaired) electrons. The van der Waals surface area contributed by atoms with Crippen LogP contribution in [0.3, 0.4) is 0 Å². The highest BCUT2D eigenvalue weighted by Crippen LogP contribution is 2.32. The van der Waals surface area contributed by atoms with E-state index in [1.54, 1.807) is 4.90 Å². The largest absolute Gasteiger partial charge is 0.454 e. The summed E-state index contributed by atoms with van der Waals surface area (Å²) in [5.74, 6) is 1.16. The highest BCUT2D eigenvalue weighted by atomic mass is 16.7. The zero-order chi connectivity index (χ0) is 20.2. The van der Waals surface area contributed by atoms with Gasteiger partial charge in [-0.2, -0.15) is 5.10 Å². The molecule has 0 bridgehead atoms. The molecule has 29 heavy (non-hydrogen) atoms. The van der Waals surface area contributed by atoms with Crippen LogP contribution in [0.25, 0.3) is 0 Å². The number of carbonyl (C=O) groups excluding carboxylic acids is 1. The molecule has 2 heterocycles. The van der Waals surface area contributed by atoms with Gasteiger partial charge in [-0.1, -0.05) is 36.4 Å². The van der Waals surface area contributed by atoms with E-state index in [0.29, 0.717) is 31.1 Å². The van der Waals surface area contributed by atoms with Gasteiger partial charge in [0.1, 0.15) is 5.69 Å². The molecule has 2 aromatic carbocycles. The summed E-state index contributed by atoms with van der Waals surface area (Å²) in [6.07, 6.45) is 0. The average molecular weight is 391 g/mol. The minimum absolute atomic E-state index is 0.210. The lowest BCUT2D eigenvalue weighted by atomic mass is 10.2. The fourth-order valence-corrected chi connectivity index (χ4v) is 3.18. The molecular formula is C22H21N3O4. The first-order valence-electron chi connectivity index (χ1n) is 9.44. The molecule has 3 aromatic rings. The van der Waals surface area contributed by atoms with Crippen molar-refractivity contribution in [2.45, 2.75) is 20.0 Å². The van der Waals surface area contributed by atoms with Gasteiger partial charge in [-0.05, 0) is 36.2 Å². The molecule has 0 fully saturated rings. The van der Waals surface area contributed by atoms with E-state index in [2.05, 4.69) is 5.10 Å². The first kappa shape index (κ1) is 18.7. The number of carbonyl (C=O) groups is 1. The van der Waals surface area contributed by atoms with E-state index in [0.717, 1.165) is 11.1 Å². The van der Waals surface area contributed by atoms with Crippen LogP contribution in [0.2, 0.25) is 0 Å². The standard InChI is InChI=1S/C22H21N3O4/c1-2-24(13-17-8-10-19-20(12-17)29-15-28-19)22(27)18-9-11-21(26)25(23-18)14-16-6-4-3-5-7-16/h3-12H,2,13-15H2,1H3. The van der Waals surface area contributed by atoms with E-state index >= 15 is 0 Å². The van der Waals surface area contributed by atoms with E-state index in [4.69, 9.17) is 9.47 Å². The van der Waals surface area contributed by atoms with Gasteiger partial charge < -0.3 is 14.4 Å². The van der Waals surface area contributed by atoms with E-state index in [1.165, 1.54) is 16.8 Å². The maximum atomic E-state index is 13.0. The van der Waals surface area contributed by atoms with Gasteiger partial charge in [-0.3, -0.25) is 9.59 Å². The molecule has 0 N–H and O–H groups in total. The molecule has 1 amide bonds. The Hall–Kier alpha value is -3.61. The second-order valence-corrected chi connectivity index (χ2v) is 6.71. The quantitative estimate of drug-likeness (QED) is 0.646. The monoisotopic (exact) mass is 391 g/mol. The highest BCUT2D eigenvalue weighted by molar-refractivity contribution is 5.92. The first-order chi connectivity index (χ1) is 14.1. The van der Waals surface area contributed by atoms with Crippen LogP contribution in [0.1, 0.15) is 28.5 Å². The van der Waals surface area contributed by atoms with E-state index < -0.39 is 0 Å². The Bertz CT molecular complexity index is 1080. The molecule has 0 saturated carbocycles. The fourth-order valence-electron chi connectivity index (χ4n) is 3.18. The summed E-state index contributed by atoms with van der Waals surface area (Å²) in [6.45, 7) is 3.35.